The third-order valence-corrected chi connectivity index (χ3v) is 8.02. The maximum atomic E-state index is 12.8. The molecule has 1 aliphatic heterocycles. The van der Waals surface area contributed by atoms with Crippen molar-refractivity contribution < 1.29 is 9.53 Å². The maximum absolute atomic E-state index is 12.8. The number of piperazine rings is 1. The number of halogens is 2. The Bertz CT molecular complexity index is 1430. The number of aromatic nitrogens is 3. The third-order valence-electron chi connectivity index (χ3n) is 7.46. The summed E-state index contributed by atoms with van der Waals surface area (Å²) in [6, 6.07) is 20.3. The normalized spacial score (nSPS) is 15.0. The Labute approximate surface area is 245 Å². The van der Waals surface area contributed by atoms with Gasteiger partial charge in [-0.15, -0.1) is 5.10 Å². The van der Waals surface area contributed by atoms with Crippen molar-refractivity contribution in [1.29, 1.82) is 0 Å². The van der Waals surface area contributed by atoms with Gasteiger partial charge < -0.3 is 9.64 Å². The van der Waals surface area contributed by atoms with Crippen LogP contribution >= 0.6 is 23.2 Å². The number of hydrogen-bond donors (Lipinski definition) is 0. The van der Waals surface area contributed by atoms with Crippen LogP contribution in [-0.2, 0) is 29.1 Å². The van der Waals surface area contributed by atoms with E-state index in [0.29, 0.717) is 42.7 Å². The van der Waals surface area contributed by atoms with Crippen molar-refractivity contribution in [1.82, 2.24) is 24.8 Å². The van der Waals surface area contributed by atoms with E-state index in [2.05, 4.69) is 45.5 Å². The number of amides is 1. The largest absolute Gasteiger partial charge is 0.367 e. The van der Waals surface area contributed by atoms with Crippen LogP contribution in [0.1, 0.15) is 42.7 Å². The lowest BCUT2D eigenvalue weighted by atomic mass is 10.1. The number of carbonyl (C=O) groups excluding carboxylic acids is 1. The van der Waals surface area contributed by atoms with Gasteiger partial charge in [0.25, 0.3) is 0 Å². The molecule has 1 fully saturated rings. The first-order valence-corrected chi connectivity index (χ1v) is 14.7. The lowest BCUT2D eigenvalue weighted by molar-refractivity contribution is -0.133. The van der Waals surface area contributed by atoms with Crippen LogP contribution in [0.5, 0.6) is 0 Å². The van der Waals surface area contributed by atoms with Gasteiger partial charge in [0.15, 0.2) is 0 Å². The number of fused-ring (bicyclic) bond motifs is 1. The van der Waals surface area contributed by atoms with Crippen LogP contribution in [0.25, 0.3) is 10.8 Å². The van der Waals surface area contributed by atoms with Crippen LogP contribution in [0.4, 0.5) is 0 Å². The molecule has 2 heterocycles. The maximum Gasteiger partial charge on any atom is 0.222 e. The number of hydrogen-bond acceptors (Lipinski definition) is 5. The molecule has 9 heteroatoms. The SMILES string of the molecule is CCn1cc(CCCC(=O)N2CCN(C[C@H](OCc3ccc4ccccc4c3)c3ccc(Cl)cc3Cl)CC2)nn1. The predicted octanol–water partition coefficient (Wildman–Crippen LogP) is 6.18. The summed E-state index contributed by atoms with van der Waals surface area (Å²) in [5.41, 5.74) is 2.97. The molecule has 210 valence electrons. The highest BCUT2D eigenvalue weighted by atomic mass is 35.5. The Morgan fingerprint density at radius 1 is 1.00 bits per heavy atom. The van der Waals surface area contributed by atoms with E-state index < -0.39 is 0 Å². The number of benzene rings is 3. The van der Waals surface area contributed by atoms with E-state index in [0.717, 1.165) is 49.3 Å². The molecule has 0 aliphatic carbocycles. The zero-order chi connectivity index (χ0) is 27.9. The van der Waals surface area contributed by atoms with Gasteiger partial charge in [-0.2, -0.15) is 0 Å². The second-order valence-electron chi connectivity index (χ2n) is 10.2. The minimum atomic E-state index is -0.227. The lowest BCUT2D eigenvalue weighted by Crippen LogP contribution is -2.49. The molecule has 40 heavy (non-hydrogen) atoms. The van der Waals surface area contributed by atoms with Crippen LogP contribution in [0, 0.1) is 0 Å². The summed E-state index contributed by atoms with van der Waals surface area (Å²) in [7, 11) is 0. The first-order valence-electron chi connectivity index (χ1n) is 13.9. The molecule has 0 spiro atoms. The minimum absolute atomic E-state index is 0.201. The average Bonchev–Trinajstić information content (AvgIpc) is 3.43. The molecule has 4 aromatic rings. The number of rotatable bonds is 11. The van der Waals surface area contributed by atoms with Gasteiger partial charge in [0, 0.05) is 67.5 Å². The Hall–Kier alpha value is -2.97. The summed E-state index contributed by atoms with van der Waals surface area (Å²) >= 11 is 12.8. The molecule has 1 atom stereocenters. The van der Waals surface area contributed by atoms with Crippen molar-refractivity contribution in [2.24, 2.45) is 0 Å². The van der Waals surface area contributed by atoms with Crippen LogP contribution in [0.2, 0.25) is 10.0 Å². The van der Waals surface area contributed by atoms with Crippen LogP contribution in [-0.4, -0.2) is 63.4 Å². The standard InChI is InChI=1S/C31H35Cl2N5O2/c1-2-38-20-27(34-35-38)8-5-9-31(39)37-16-14-36(15-17-37)21-30(28-13-12-26(32)19-29(28)33)40-22-23-10-11-24-6-3-4-7-25(24)18-23/h3-4,6-7,10-13,18-20,30H,2,5,8-9,14-17,21-22H2,1H3/t30-/m0/s1. The highest BCUT2D eigenvalue weighted by molar-refractivity contribution is 6.35. The van der Waals surface area contributed by atoms with Crippen molar-refractivity contribution in [2.45, 2.75) is 45.4 Å². The van der Waals surface area contributed by atoms with Gasteiger partial charge in [0.05, 0.1) is 18.4 Å². The van der Waals surface area contributed by atoms with E-state index >= 15 is 0 Å². The molecule has 0 N–H and O–H groups in total. The van der Waals surface area contributed by atoms with Gasteiger partial charge in [0.2, 0.25) is 5.91 Å². The van der Waals surface area contributed by atoms with E-state index in [1.807, 2.05) is 47.0 Å². The second-order valence-corrected chi connectivity index (χ2v) is 11.1. The molecule has 0 saturated carbocycles. The van der Waals surface area contributed by atoms with Gasteiger partial charge in [0.1, 0.15) is 0 Å². The molecule has 1 aliphatic rings. The predicted molar refractivity (Wildman–Crippen MR) is 160 cm³/mol. The molecule has 0 radical (unpaired) electrons. The Kier molecular flexibility index (Phi) is 9.70. The Morgan fingerprint density at radius 2 is 1.80 bits per heavy atom. The molecule has 7 nitrogen and oxygen atoms in total. The highest BCUT2D eigenvalue weighted by Crippen LogP contribution is 2.30. The molecule has 0 unspecified atom stereocenters. The van der Waals surface area contributed by atoms with E-state index in [1.165, 1.54) is 10.8 Å². The summed E-state index contributed by atoms with van der Waals surface area (Å²) in [6.07, 6.45) is 3.80. The monoisotopic (exact) mass is 579 g/mol. The first-order chi connectivity index (χ1) is 19.5. The summed E-state index contributed by atoms with van der Waals surface area (Å²) in [4.78, 5) is 17.2. The minimum Gasteiger partial charge on any atom is -0.367 e. The molecule has 1 amide bonds. The summed E-state index contributed by atoms with van der Waals surface area (Å²) < 4.78 is 8.32. The van der Waals surface area contributed by atoms with Gasteiger partial charge in [-0.3, -0.25) is 14.4 Å². The molecule has 1 saturated heterocycles. The van der Waals surface area contributed by atoms with E-state index in [-0.39, 0.29) is 12.0 Å². The van der Waals surface area contributed by atoms with Gasteiger partial charge in [-0.25, -0.2) is 0 Å². The molecule has 3 aromatic carbocycles. The fourth-order valence-corrected chi connectivity index (χ4v) is 5.66. The summed E-state index contributed by atoms with van der Waals surface area (Å²) in [6.45, 7) is 6.98. The van der Waals surface area contributed by atoms with E-state index in [9.17, 15) is 4.79 Å². The van der Waals surface area contributed by atoms with Crippen molar-refractivity contribution >= 4 is 39.9 Å². The highest BCUT2D eigenvalue weighted by Gasteiger charge is 2.25. The van der Waals surface area contributed by atoms with Crippen molar-refractivity contribution in [2.75, 3.05) is 32.7 Å². The van der Waals surface area contributed by atoms with Crippen LogP contribution in [0.3, 0.4) is 0 Å². The van der Waals surface area contributed by atoms with Crippen molar-refractivity contribution in [3.63, 3.8) is 0 Å². The molecular weight excluding hydrogens is 545 g/mol. The molecule has 1 aromatic heterocycles. The van der Waals surface area contributed by atoms with E-state index in [4.69, 9.17) is 27.9 Å². The molecule has 0 bridgehead atoms. The van der Waals surface area contributed by atoms with Gasteiger partial charge in [-0.05, 0) is 54.3 Å². The second kappa shape index (κ2) is 13.6. The lowest BCUT2D eigenvalue weighted by Gasteiger charge is -2.36. The molecular formula is C31H35Cl2N5O2. The number of ether oxygens (including phenoxy) is 1. The van der Waals surface area contributed by atoms with Gasteiger partial charge in [-0.1, -0.05) is 70.9 Å². The van der Waals surface area contributed by atoms with Crippen molar-refractivity contribution in [3.8, 4) is 0 Å². The van der Waals surface area contributed by atoms with Crippen molar-refractivity contribution in [3.05, 3.63) is 93.7 Å². The van der Waals surface area contributed by atoms with E-state index in [1.54, 1.807) is 6.07 Å². The zero-order valence-corrected chi connectivity index (χ0v) is 24.3. The Morgan fingerprint density at radius 3 is 2.55 bits per heavy atom. The topological polar surface area (TPSA) is 63.5 Å². The average molecular weight is 581 g/mol. The zero-order valence-electron chi connectivity index (χ0n) is 22.8. The third kappa shape index (κ3) is 7.40. The van der Waals surface area contributed by atoms with Crippen LogP contribution in [0.15, 0.2) is 66.9 Å². The smallest absolute Gasteiger partial charge is 0.222 e. The molecule has 5 rings (SSSR count). The van der Waals surface area contributed by atoms with Gasteiger partial charge >= 0.3 is 0 Å². The number of nitrogens with zero attached hydrogens (tertiary/aromatic N) is 5. The first kappa shape index (κ1) is 28.6. The number of carbonyl (C=O) groups is 1. The fraction of sp³-hybridized carbons (Fsp3) is 0.387. The Balaban J connectivity index is 1.16. The summed E-state index contributed by atoms with van der Waals surface area (Å²) in [5, 5.41) is 11.8. The fourth-order valence-electron chi connectivity index (χ4n) is 5.13. The number of aryl methyl sites for hydroxylation is 2. The summed E-state index contributed by atoms with van der Waals surface area (Å²) in [5.74, 6) is 0.201. The quantitative estimate of drug-likeness (QED) is 0.212. The van der Waals surface area contributed by atoms with Crippen LogP contribution < -0.4 is 0 Å².